The molecule has 1 aliphatic rings. The number of allylic oxidation sites excluding steroid dienone is 2. The van der Waals surface area contributed by atoms with E-state index in [1.54, 1.807) is 4.68 Å². The summed E-state index contributed by atoms with van der Waals surface area (Å²) in [6.07, 6.45) is 5.32. The Morgan fingerprint density at radius 1 is 1.58 bits per heavy atom. The lowest BCUT2D eigenvalue weighted by atomic mass is 10.1. The molecule has 12 heavy (non-hydrogen) atoms. The maximum Gasteiger partial charge on any atom is 0.165 e. The molecule has 0 unspecified atom stereocenters. The second-order valence-electron chi connectivity index (χ2n) is 2.95. The Bertz CT molecular complexity index is 349. The van der Waals surface area contributed by atoms with Crippen molar-refractivity contribution in [2.45, 2.75) is 12.8 Å². The highest BCUT2D eigenvalue weighted by molar-refractivity contribution is 6.21. The summed E-state index contributed by atoms with van der Waals surface area (Å²) in [6.45, 7) is 0. The minimum absolute atomic E-state index is 0.216. The summed E-state index contributed by atoms with van der Waals surface area (Å²) in [5, 5.41) is 4.17. The lowest BCUT2D eigenvalue weighted by Crippen LogP contribution is -1.97. The third kappa shape index (κ3) is 1.07. The topological polar surface area (TPSA) is 34.9 Å². The number of aromatic nitrogens is 2. The first-order valence-corrected chi connectivity index (χ1v) is 4.01. The van der Waals surface area contributed by atoms with Crippen LogP contribution < -0.4 is 0 Å². The summed E-state index contributed by atoms with van der Waals surface area (Å²) < 4.78 is 1.71. The Hall–Kier alpha value is -1.38. The molecule has 0 fully saturated rings. The molecule has 62 valence electrons. The van der Waals surface area contributed by atoms with E-state index in [4.69, 9.17) is 0 Å². The molecule has 0 N–H and O–H groups in total. The smallest absolute Gasteiger partial charge is 0.165 e. The molecule has 2 rings (SSSR count). The number of Topliss-reactive ketones (excluding diaryl/α,β-unsaturated/α-hetero) is 1. The summed E-state index contributed by atoms with van der Waals surface area (Å²) in [5.74, 6) is 0.216. The van der Waals surface area contributed by atoms with E-state index in [1.165, 1.54) is 0 Å². The molecule has 1 aromatic rings. The predicted octanol–water partition coefficient (Wildman–Crippen LogP) is 1.17. The van der Waals surface area contributed by atoms with E-state index in [-0.39, 0.29) is 5.78 Å². The molecule has 0 amide bonds. The molecule has 1 heterocycles. The lowest BCUT2D eigenvalue weighted by Gasteiger charge is -1.93. The van der Waals surface area contributed by atoms with Crippen LogP contribution in [0.3, 0.4) is 0 Å². The van der Waals surface area contributed by atoms with Crippen molar-refractivity contribution in [1.82, 2.24) is 9.78 Å². The molecular weight excluding hydrogens is 152 g/mol. The van der Waals surface area contributed by atoms with Crippen molar-refractivity contribution >= 4 is 11.4 Å². The first-order valence-electron chi connectivity index (χ1n) is 4.01. The van der Waals surface area contributed by atoms with Gasteiger partial charge < -0.3 is 0 Å². The zero-order valence-corrected chi connectivity index (χ0v) is 6.95. The Balaban J connectivity index is 2.37. The molecule has 0 bridgehead atoms. The number of carbonyl (C=O) groups excluding carboxylic acids is 1. The molecule has 3 nitrogen and oxygen atoms in total. The molecule has 0 radical (unpaired) electrons. The van der Waals surface area contributed by atoms with E-state index in [0.717, 1.165) is 17.7 Å². The van der Waals surface area contributed by atoms with Gasteiger partial charge in [0.1, 0.15) is 0 Å². The van der Waals surface area contributed by atoms with Gasteiger partial charge in [0, 0.05) is 25.2 Å². The predicted molar refractivity (Wildman–Crippen MR) is 45.4 cm³/mol. The Morgan fingerprint density at radius 2 is 2.42 bits per heavy atom. The molecule has 1 aromatic heterocycles. The van der Waals surface area contributed by atoms with Gasteiger partial charge in [0.05, 0.1) is 5.69 Å². The molecule has 1 aliphatic carbocycles. The largest absolute Gasteiger partial charge is 0.294 e. The van der Waals surface area contributed by atoms with Crippen LogP contribution in [0.1, 0.15) is 18.5 Å². The number of nitrogens with zero attached hydrogens (tertiary/aromatic N) is 2. The van der Waals surface area contributed by atoms with Gasteiger partial charge in [-0.1, -0.05) is 6.08 Å². The molecule has 0 aromatic carbocycles. The quantitative estimate of drug-likeness (QED) is 0.621. The Labute approximate surface area is 70.7 Å². The van der Waals surface area contributed by atoms with Gasteiger partial charge in [0.15, 0.2) is 5.78 Å². The van der Waals surface area contributed by atoms with E-state index in [2.05, 4.69) is 5.10 Å². The average Bonchev–Trinajstić information content (AvgIpc) is 2.58. The van der Waals surface area contributed by atoms with Crippen LogP contribution in [0.5, 0.6) is 0 Å². The number of aryl methyl sites for hydroxylation is 1. The summed E-state index contributed by atoms with van der Waals surface area (Å²) in [5.41, 5.74) is 1.59. The van der Waals surface area contributed by atoms with Crippen molar-refractivity contribution in [2.24, 2.45) is 7.05 Å². The fraction of sp³-hybridized carbons (Fsp3) is 0.333. The third-order valence-corrected chi connectivity index (χ3v) is 2.01. The number of hydrogen-bond donors (Lipinski definition) is 0. The van der Waals surface area contributed by atoms with Gasteiger partial charge in [-0.2, -0.15) is 5.10 Å². The Morgan fingerprint density at radius 3 is 2.92 bits per heavy atom. The summed E-state index contributed by atoms with van der Waals surface area (Å²) in [4.78, 5) is 11.3. The second-order valence-corrected chi connectivity index (χ2v) is 2.95. The van der Waals surface area contributed by atoms with E-state index in [0.29, 0.717) is 6.42 Å². The molecule has 0 aliphatic heterocycles. The van der Waals surface area contributed by atoms with Gasteiger partial charge in [0.25, 0.3) is 0 Å². The first-order chi connectivity index (χ1) is 5.77. The molecule has 0 saturated carbocycles. The lowest BCUT2D eigenvalue weighted by molar-refractivity contribution is -0.113. The van der Waals surface area contributed by atoms with Crippen LogP contribution in [-0.2, 0) is 11.8 Å². The minimum Gasteiger partial charge on any atom is -0.294 e. The van der Waals surface area contributed by atoms with Crippen molar-refractivity contribution < 1.29 is 4.79 Å². The zero-order chi connectivity index (χ0) is 8.55. The fourth-order valence-corrected chi connectivity index (χ4v) is 1.40. The van der Waals surface area contributed by atoms with Crippen molar-refractivity contribution in [1.29, 1.82) is 0 Å². The highest BCUT2D eigenvalue weighted by atomic mass is 16.1. The van der Waals surface area contributed by atoms with Crippen molar-refractivity contribution in [3.8, 4) is 0 Å². The van der Waals surface area contributed by atoms with E-state index < -0.39 is 0 Å². The monoisotopic (exact) mass is 162 g/mol. The summed E-state index contributed by atoms with van der Waals surface area (Å²) in [7, 11) is 1.85. The first kappa shape index (κ1) is 7.28. The molecule has 0 saturated heterocycles. The van der Waals surface area contributed by atoms with Crippen LogP contribution in [0.4, 0.5) is 0 Å². The standard InChI is InChI=1S/C9H10N2O/c1-11-6-5-8(10-11)7-3-2-4-9(7)12/h3,5-6H,2,4H2,1H3. The van der Waals surface area contributed by atoms with Gasteiger partial charge in [-0.05, 0) is 12.5 Å². The van der Waals surface area contributed by atoms with Gasteiger partial charge >= 0.3 is 0 Å². The fourth-order valence-electron chi connectivity index (χ4n) is 1.40. The highest BCUT2D eigenvalue weighted by Gasteiger charge is 2.18. The van der Waals surface area contributed by atoms with E-state index in [9.17, 15) is 4.79 Å². The number of ketones is 1. The van der Waals surface area contributed by atoms with E-state index >= 15 is 0 Å². The highest BCUT2D eigenvalue weighted by Crippen LogP contribution is 2.22. The molecule has 0 spiro atoms. The maximum atomic E-state index is 11.3. The van der Waals surface area contributed by atoms with Crippen molar-refractivity contribution in [3.63, 3.8) is 0 Å². The molecule has 0 atom stereocenters. The number of carbonyl (C=O) groups is 1. The van der Waals surface area contributed by atoms with Gasteiger partial charge in [0.2, 0.25) is 0 Å². The normalized spacial score (nSPS) is 16.8. The van der Waals surface area contributed by atoms with Crippen LogP contribution in [0.15, 0.2) is 18.3 Å². The van der Waals surface area contributed by atoms with Crippen LogP contribution in [0.2, 0.25) is 0 Å². The minimum atomic E-state index is 0.216. The van der Waals surface area contributed by atoms with Crippen LogP contribution in [0, 0.1) is 0 Å². The second kappa shape index (κ2) is 2.59. The Kier molecular flexibility index (Phi) is 1.57. The van der Waals surface area contributed by atoms with Crippen LogP contribution in [0.25, 0.3) is 5.57 Å². The average molecular weight is 162 g/mol. The van der Waals surface area contributed by atoms with Crippen molar-refractivity contribution in [2.75, 3.05) is 0 Å². The molecular formula is C9H10N2O. The third-order valence-electron chi connectivity index (χ3n) is 2.01. The zero-order valence-electron chi connectivity index (χ0n) is 6.95. The van der Waals surface area contributed by atoms with Gasteiger partial charge in [-0.25, -0.2) is 0 Å². The maximum absolute atomic E-state index is 11.3. The summed E-state index contributed by atoms with van der Waals surface area (Å²) >= 11 is 0. The SMILES string of the molecule is Cn1ccc(C2=CCCC2=O)n1. The van der Waals surface area contributed by atoms with Gasteiger partial charge in [-0.15, -0.1) is 0 Å². The summed E-state index contributed by atoms with van der Waals surface area (Å²) in [6, 6.07) is 1.87. The van der Waals surface area contributed by atoms with Crippen LogP contribution >= 0.6 is 0 Å². The molecule has 3 heteroatoms. The number of hydrogen-bond acceptors (Lipinski definition) is 2. The van der Waals surface area contributed by atoms with Crippen molar-refractivity contribution in [3.05, 3.63) is 24.0 Å². The number of rotatable bonds is 1. The van der Waals surface area contributed by atoms with Crippen LogP contribution in [-0.4, -0.2) is 15.6 Å². The van der Waals surface area contributed by atoms with Gasteiger partial charge in [-0.3, -0.25) is 9.48 Å². The van der Waals surface area contributed by atoms with E-state index in [1.807, 2.05) is 25.4 Å².